The highest BCUT2D eigenvalue weighted by atomic mass is 35.5. The molecule has 9 nitrogen and oxygen atoms in total. The third-order valence-electron chi connectivity index (χ3n) is 4.41. The summed E-state index contributed by atoms with van der Waals surface area (Å²) in [6.45, 7) is 3.58. The second kappa shape index (κ2) is 7.89. The van der Waals surface area contributed by atoms with Gasteiger partial charge in [0.1, 0.15) is 0 Å². The van der Waals surface area contributed by atoms with Gasteiger partial charge in [0.2, 0.25) is 11.8 Å². The van der Waals surface area contributed by atoms with Crippen LogP contribution in [0.4, 0.5) is 5.69 Å². The van der Waals surface area contributed by atoms with Gasteiger partial charge in [0.05, 0.1) is 29.1 Å². The number of nitrogens with zero attached hydrogens (tertiary/aromatic N) is 3. The fourth-order valence-electron chi connectivity index (χ4n) is 2.87. The van der Waals surface area contributed by atoms with E-state index < -0.39 is 5.76 Å². The van der Waals surface area contributed by atoms with Crippen molar-refractivity contribution in [1.82, 2.24) is 19.7 Å². The molecule has 0 aliphatic rings. The number of hydrogen-bond donors (Lipinski definition) is 2. The Kier molecular flexibility index (Phi) is 5.55. The van der Waals surface area contributed by atoms with Gasteiger partial charge in [-0.3, -0.25) is 18.8 Å². The normalized spacial score (nSPS) is 11.0. The molecule has 0 atom stereocenters. The van der Waals surface area contributed by atoms with E-state index in [1.54, 1.807) is 36.9 Å². The molecule has 2 amide bonds. The molecular formula is C18H20ClN5O4. The Hall–Kier alpha value is -3.07. The van der Waals surface area contributed by atoms with E-state index in [9.17, 15) is 14.4 Å². The van der Waals surface area contributed by atoms with E-state index >= 15 is 0 Å². The summed E-state index contributed by atoms with van der Waals surface area (Å²) in [4.78, 5) is 36.1. The monoisotopic (exact) mass is 405 g/mol. The summed E-state index contributed by atoms with van der Waals surface area (Å²) in [5.41, 5.74) is 3.08. The van der Waals surface area contributed by atoms with E-state index in [-0.39, 0.29) is 31.3 Å². The Morgan fingerprint density at radius 1 is 1.25 bits per heavy atom. The van der Waals surface area contributed by atoms with E-state index in [1.807, 2.05) is 6.92 Å². The maximum atomic E-state index is 12.1. The van der Waals surface area contributed by atoms with Crippen LogP contribution in [0.2, 0.25) is 5.02 Å². The third-order valence-corrected chi connectivity index (χ3v) is 4.65. The van der Waals surface area contributed by atoms with Crippen LogP contribution in [0.3, 0.4) is 0 Å². The van der Waals surface area contributed by atoms with Gasteiger partial charge in [-0.25, -0.2) is 4.79 Å². The van der Waals surface area contributed by atoms with E-state index in [2.05, 4.69) is 15.7 Å². The van der Waals surface area contributed by atoms with Crippen molar-refractivity contribution < 1.29 is 14.0 Å². The quantitative estimate of drug-likeness (QED) is 0.649. The predicted molar refractivity (Wildman–Crippen MR) is 104 cm³/mol. The summed E-state index contributed by atoms with van der Waals surface area (Å²) in [6.07, 6.45) is 0.0232. The SMILES string of the molecule is Cc1nn(C)c(C)c1NC(=O)CNC(=O)CCn1c(=O)oc2cc(Cl)ccc21. The topological polar surface area (TPSA) is 111 Å². The average Bonchev–Trinajstić information content (AvgIpc) is 3.07. The summed E-state index contributed by atoms with van der Waals surface area (Å²) in [5, 5.41) is 9.96. The van der Waals surface area contributed by atoms with Crippen molar-refractivity contribution in [3.05, 3.63) is 45.2 Å². The molecule has 28 heavy (non-hydrogen) atoms. The van der Waals surface area contributed by atoms with Crippen molar-refractivity contribution >= 4 is 40.2 Å². The van der Waals surface area contributed by atoms with Gasteiger partial charge in [-0.2, -0.15) is 5.10 Å². The molecule has 0 aliphatic heterocycles. The smallest absolute Gasteiger partial charge is 0.408 e. The van der Waals surface area contributed by atoms with Gasteiger partial charge in [0.15, 0.2) is 5.58 Å². The highest BCUT2D eigenvalue weighted by Crippen LogP contribution is 2.19. The Bertz CT molecular complexity index is 1110. The van der Waals surface area contributed by atoms with Crippen molar-refractivity contribution in [2.24, 2.45) is 7.05 Å². The minimum atomic E-state index is -0.565. The Balaban J connectivity index is 1.54. The molecule has 0 saturated heterocycles. The van der Waals surface area contributed by atoms with Crippen LogP contribution in [0.1, 0.15) is 17.8 Å². The first-order valence-electron chi connectivity index (χ1n) is 8.62. The maximum Gasteiger partial charge on any atom is 0.419 e. The number of benzene rings is 1. The molecule has 2 heterocycles. The predicted octanol–water partition coefficient (Wildman–Crippen LogP) is 1.74. The first-order chi connectivity index (χ1) is 13.3. The lowest BCUT2D eigenvalue weighted by atomic mass is 10.3. The van der Waals surface area contributed by atoms with Crippen molar-refractivity contribution in [3.8, 4) is 0 Å². The number of rotatable bonds is 6. The zero-order valence-corrected chi connectivity index (χ0v) is 16.5. The molecular weight excluding hydrogens is 386 g/mol. The van der Waals surface area contributed by atoms with Crippen LogP contribution in [0, 0.1) is 13.8 Å². The number of anilines is 1. The number of aromatic nitrogens is 3. The molecule has 0 saturated carbocycles. The number of halogens is 1. The molecule has 3 aromatic rings. The first-order valence-corrected chi connectivity index (χ1v) is 8.99. The number of amides is 2. The summed E-state index contributed by atoms with van der Waals surface area (Å²) >= 11 is 5.88. The lowest BCUT2D eigenvalue weighted by Crippen LogP contribution is -2.33. The molecule has 0 radical (unpaired) electrons. The van der Waals surface area contributed by atoms with Crippen molar-refractivity contribution in [3.63, 3.8) is 0 Å². The third kappa shape index (κ3) is 4.09. The Morgan fingerprint density at radius 3 is 2.68 bits per heavy atom. The molecule has 0 aliphatic carbocycles. The molecule has 10 heteroatoms. The van der Waals surface area contributed by atoms with Gasteiger partial charge in [-0.15, -0.1) is 0 Å². The van der Waals surface area contributed by atoms with E-state index in [4.69, 9.17) is 16.0 Å². The zero-order valence-electron chi connectivity index (χ0n) is 15.7. The second-order valence-electron chi connectivity index (χ2n) is 6.38. The lowest BCUT2D eigenvalue weighted by Gasteiger charge is -2.08. The van der Waals surface area contributed by atoms with Gasteiger partial charge in [-0.05, 0) is 26.0 Å². The van der Waals surface area contributed by atoms with E-state index in [0.717, 1.165) is 5.69 Å². The van der Waals surface area contributed by atoms with Crippen LogP contribution < -0.4 is 16.4 Å². The van der Waals surface area contributed by atoms with Crippen LogP contribution in [-0.4, -0.2) is 32.7 Å². The average molecular weight is 406 g/mol. The molecule has 0 bridgehead atoms. The van der Waals surface area contributed by atoms with Gasteiger partial charge in [0.25, 0.3) is 0 Å². The number of hydrogen-bond acceptors (Lipinski definition) is 5. The fraction of sp³-hybridized carbons (Fsp3) is 0.333. The van der Waals surface area contributed by atoms with Gasteiger partial charge in [-0.1, -0.05) is 11.6 Å². The summed E-state index contributed by atoms with van der Waals surface area (Å²) in [5.74, 6) is -1.27. The fourth-order valence-corrected chi connectivity index (χ4v) is 3.03. The van der Waals surface area contributed by atoms with Crippen molar-refractivity contribution in [2.75, 3.05) is 11.9 Å². The molecule has 0 spiro atoms. The van der Waals surface area contributed by atoms with E-state index in [1.165, 1.54) is 4.57 Å². The highest BCUT2D eigenvalue weighted by Gasteiger charge is 2.14. The molecule has 1 aromatic carbocycles. The molecule has 2 N–H and O–H groups in total. The van der Waals surface area contributed by atoms with Crippen LogP contribution in [0.15, 0.2) is 27.4 Å². The summed E-state index contributed by atoms with van der Waals surface area (Å²) in [6, 6.07) is 4.84. The van der Waals surface area contributed by atoms with E-state index in [0.29, 0.717) is 27.5 Å². The Labute approximate surface area is 165 Å². The number of aryl methyl sites for hydroxylation is 3. The van der Waals surface area contributed by atoms with Crippen LogP contribution >= 0.6 is 11.6 Å². The molecule has 0 unspecified atom stereocenters. The maximum absolute atomic E-state index is 12.1. The number of oxazole rings is 1. The van der Waals surface area contributed by atoms with Crippen molar-refractivity contribution in [1.29, 1.82) is 0 Å². The minimum absolute atomic E-state index is 0.0232. The highest BCUT2D eigenvalue weighted by molar-refractivity contribution is 6.31. The lowest BCUT2D eigenvalue weighted by molar-refractivity contribution is -0.124. The largest absolute Gasteiger partial charge is 0.419 e. The molecule has 148 valence electrons. The van der Waals surface area contributed by atoms with Crippen LogP contribution in [0.25, 0.3) is 11.1 Å². The summed E-state index contributed by atoms with van der Waals surface area (Å²) in [7, 11) is 1.79. The van der Waals surface area contributed by atoms with Gasteiger partial charge >= 0.3 is 5.76 Å². The Morgan fingerprint density at radius 2 is 2.00 bits per heavy atom. The number of fused-ring (bicyclic) bond motifs is 1. The zero-order chi connectivity index (χ0) is 20.4. The van der Waals surface area contributed by atoms with Crippen LogP contribution in [-0.2, 0) is 23.2 Å². The second-order valence-corrected chi connectivity index (χ2v) is 6.81. The first kappa shape index (κ1) is 19.7. The molecule has 0 fully saturated rings. The number of carbonyl (C=O) groups is 2. The summed E-state index contributed by atoms with van der Waals surface area (Å²) < 4.78 is 8.15. The molecule has 2 aromatic heterocycles. The van der Waals surface area contributed by atoms with Gasteiger partial charge in [0, 0.05) is 31.1 Å². The van der Waals surface area contributed by atoms with Crippen LogP contribution in [0.5, 0.6) is 0 Å². The number of nitrogens with one attached hydrogen (secondary N) is 2. The van der Waals surface area contributed by atoms with Crippen molar-refractivity contribution in [2.45, 2.75) is 26.8 Å². The van der Waals surface area contributed by atoms with Gasteiger partial charge < -0.3 is 15.1 Å². The molecule has 3 rings (SSSR count). The number of carbonyl (C=O) groups excluding carboxylic acids is 2. The minimum Gasteiger partial charge on any atom is -0.408 e. The standard InChI is InChI=1S/C18H20ClN5O4/c1-10-17(11(2)23(3)22-10)21-16(26)9-20-15(25)6-7-24-13-5-4-12(19)8-14(13)28-18(24)27/h4-5,8H,6-7,9H2,1-3H3,(H,20,25)(H,21,26).